The fourth-order valence-electron chi connectivity index (χ4n) is 1.27. The minimum absolute atomic E-state index is 0.378. The molecule has 0 aliphatic rings. The molecule has 86 valence electrons. The van der Waals surface area contributed by atoms with E-state index in [-0.39, 0.29) is 0 Å². The lowest BCUT2D eigenvalue weighted by Gasteiger charge is -1.99. The second kappa shape index (κ2) is 4.93. The number of azo groups is 1. The van der Waals surface area contributed by atoms with Gasteiger partial charge in [-0.25, -0.2) is 4.98 Å². The predicted molar refractivity (Wildman–Crippen MR) is 69.0 cm³/mol. The number of anilines is 1. The van der Waals surface area contributed by atoms with Gasteiger partial charge < -0.3 is 5.73 Å². The van der Waals surface area contributed by atoms with Crippen LogP contribution in [0.15, 0.2) is 46.6 Å². The predicted octanol–water partition coefficient (Wildman–Crippen LogP) is 4.04. The zero-order valence-corrected chi connectivity index (χ0v) is 10.0. The number of halogens is 1. The van der Waals surface area contributed by atoms with Crippen LogP contribution >= 0.6 is 11.6 Å². The smallest absolute Gasteiger partial charge is 0.151 e. The largest absolute Gasteiger partial charge is 0.382 e. The molecule has 0 bridgehead atoms. The Kier molecular flexibility index (Phi) is 3.35. The van der Waals surface area contributed by atoms with Crippen molar-refractivity contribution in [1.29, 1.82) is 0 Å². The lowest BCUT2D eigenvalue weighted by atomic mass is 10.3. The van der Waals surface area contributed by atoms with Crippen LogP contribution < -0.4 is 5.73 Å². The number of benzene rings is 1. The molecule has 0 saturated heterocycles. The Morgan fingerprint density at radius 1 is 1.06 bits per heavy atom. The Morgan fingerprint density at radius 2 is 1.76 bits per heavy atom. The van der Waals surface area contributed by atoms with Gasteiger partial charge in [0.15, 0.2) is 5.82 Å². The van der Waals surface area contributed by atoms with Crippen LogP contribution in [0.1, 0.15) is 5.69 Å². The molecular formula is C12H11ClN4. The van der Waals surface area contributed by atoms with Crippen LogP contribution in [0.3, 0.4) is 0 Å². The maximum Gasteiger partial charge on any atom is 0.151 e. The van der Waals surface area contributed by atoms with E-state index < -0.39 is 0 Å². The lowest BCUT2D eigenvalue weighted by molar-refractivity contribution is 1.16. The highest BCUT2D eigenvalue weighted by Gasteiger charge is 1.98. The van der Waals surface area contributed by atoms with Gasteiger partial charge in [-0.1, -0.05) is 11.6 Å². The Hall–Kier alpha value is -1.94. The molecule has 0 aliphatic carbocycles. The first kappa shape index (κ1) is 11.5. The molecule has 0 fully saturated rings. The van der Waals surface area contributed by atoms with E-state index in [4.69, 9.17) is 17.3 Å². The van der Waals surface area contributed by atoms with Crippen molar-refractivity contribution in [2.24, 2.45) is 10.2 Å². The molecule has 2 aromatic rings. The van der Waals surface area contributed by atoms with Crippen LogP contribution in [-0.4, -0.2) is 4.98 Å². The van der Waals surface area contributed by atoms with Crippen LogP contribution in [0.5, 0.6) is 0 Å². The standard InChI is InChI=1S/C12H11ClN4/c1-8-2-7-11(12(14)15-8)17-16-10-5-3-9(13)4-6-10/h2-7H,1H3,(H2,14,15). The monoisotopic (exact) mass is 246 g/mol. The van der Waals surface area contributed by atoms with Crippen LogP contribution in [0.4, 0.5) is 17.2 Å². The highest BCUT2D eigenvalue weighted by atomic mass is 35.5. The van der Waals surface area contributed by atoms with E-state index in [1.807, 2.05) is 13.0 Å². The first-order valence-electron chi connectivity index (χ1n) is 5.05. The van der Waals surface area contributed by atoms with Crippen LogP contribution in [0, 0.1) is 6.92 Å². The van der Waals surface area contributed by atoms with Gasteiger partial charge in [-0.15, -0.1) is 5.11 Å². The van der Waals surface area contributed by atoms with Crippen molar-refractivity contribution in [1.82, 2.24) is 4.98 Å². The summed E-state index contributed by atoms with van der Waals surface area (Å²) in [4.78, 5) is 4.10. The van der Waals surface area contributed by atoms with E-state index in [9.17, 15) is 0 Å². The van der Waals surface area contributed by atoms with Gasteiger partial charge in [0.05, 0.1) is 5.69 Å². The molecule has 17 heavy (non-hydrogen) atoms. The first-order chi connectivity index (χ1) is 8.15. The highest BCUT2D eigenvalue weighted by molar-refractivity contribution is 6.30. The SMILES string of the molecule is Cc1ccc(N=Nc2ccc(Cl)cc2)c(N)n1. The first-order valence-corrected chi connectivity index (χ1v) is 5.43. The molecule has 0 aliphatic heterocycles. The van der Waals surface area contributed by atoms with Gasteiger partial charge in [-0.05, 0) is 43.3 Å². The second-order valence-corrected chi connectivity index (χ2v) is 3.97. The van der Waals surface area contributed by atoms with E-state index in [1.54, 1.807) is 30.3 Å². The van der Waals surface area contributed by atoms with Crippen molar-refractivity contribution in [3.63, 3.8) is 0 Å². The summed E-state index contributed by atoms with van der Waals surface area (Å²) in [7, 11) is 0. The summed E-state index contributed by atoms with van der Waals surface area (Å²) in [6, 6.07) is 10.7. The second-order valence-electron chi connectivity index (χ2n) is 3.53. The Labute approximate surface area is 104 Å². The zero-order chi connectivity index (χ0) is 12.3. The molecule has 2 rings (SSSR count). The van der Waals surface area contributed by atoms with Crippen molar-refractivity contribution in [2.45, 2.75) is 6.92 Å². The summed E-state index contributed by atoms with van der Waals surface area (Å²) in [5.41, 5.74) is 7.86. The number of nitrogens with two attached hydrogens (primary N) is 1. The molecule has 5 heteroatoms. The van der Waals surface area contributed by atoms with Crippen molar-refractivity contribution in [3.05, 3.63) is 47.1 Å². The lowest BCUT2D eigenvalue weighted by Crippen LogP contribution is -1.91. The Morgan fingerprint density at radius 3 is 2.41 bits per heavy atom. The average Bonchev–Trinajstić information content (AvgIpc) is 2.30. The molecule has 1 aromatic carbocycles. The molecule has 0 spiro atoms. The van der Waals surface area contributed by atoms with Gasteiger partial charge in [0, 0.05) is 10.7 Å². The normalized spacial score (nSPS) is 10.9. The molecule has 0 amide bonds. The molecule has 1 aromatic heterocycles. The fourth-order valence-corrected chi connectivity index (χ4v) is 1.40. The van der Waals surface area contributed by atoms with Crippen LogP contribution in [-0.2, 0) is 0 Å². The van der Waals surface area contributed by atoms with Crippen LogP contribution in [0.2, 0.25) is 5.02 Å². The number of nitrogens with zero attached hydrogens (tertiary/aromatic N) is 3. The van der Waals surface area contributed by atoms with Crippen molar-refractivity contribution in [2.75, 3.05) is 5.73 Å². The number of hydrogen-bond donors (Lipinski definition) is 1. The van der Waals surface area contributed by atoms with E-state index in [0.717, 1.165) is 11.4 Å². The molecule has 0 unspecified atom stereocenters. The third-order valence-corrected chi connectivity index (χ3v) is 2.39. The van der Waals surface area contributed by atoms with Crippen molar-refractivity contribution < 1.29 is 0 Å². The zero-order valence-electron chi connectivity index (χ0n) is 9.26. The Bertz CT molecular complexity index is 549. The summed E-state index contributed by atoms with van der Waals surface area (Å²) < 4.78 is 0. The van der Waals surface area contributed by atoms with Gasteiger partial charge >= 0.3 is 0 Å². The molecule has 0 saturated carbocycles. The van der Waals surface area contributed by atoms with Gasteiger partial charge in [0.2, 0.25) is 0 Å². The molecule has 0 radical (unpaired) electrons. The molecule has 2 N–H and O–H groups in total. The third kappa shape index (κ3) is 3.01. The van der Waals surface area contributed by atoms with Crippen molar-refractivity contribution >= 4 is 28.8 Å². The topological polar surface area (TPSA) is 63.6 Å². The van der Waals surface area contributed by atoms with E-state index in [0.29, 0.717) is 16.5 Å². The molecular weight excluding hydrogens is 236 g/mol. The quantitative estimate of drug-likeness (QED) is 0.813. The molecule has 0 atom stereocenters. The van der Waals surface area contributed by atoms with Gasteiger partial charge in [-0.3, -0.25) is 0 Å². The van der Waals surface area contributed by atoms with Gasteiger partial charge in [-0.2, -0.15) is 5.11 Å². The maximum atomic E-state index is 5.77. The fraction of sp³-hybridized carbons (Fsp3) is 0.0833. The number of aryl methyl sites for hydroxylation is 1. The summed E-state index contributed by atoms with van der Waals surface area (Å²) in [5, 5.41) is 8.76. The highest BCUT2D eigenvalue weighted by Crippen LogP contribution is 2.23. The molecule has 1 heterocycles. The van der Waals surface area contributed by atoms with E-state index in [1.165, 1.54) is 0 Å². The summed E-state index contributed by atoms with van der Waals surface area (Å²) >= 11 is 5.77. The number of rotatable bonds is 2. The number of pyridine rings is 1. The summed E-state index contributed by atoms with van der Waals surface area (Å²) in [5.74, 6) is 0.378. The molecule has 4 nitrogen and oxygen atoms in total. The minimum atomic E-state index is 0.378. The minimum Gasteiger partial charge on any atom is -0.382 e. The average molecular weight is 247 g/mol. The number of aromatic nitrogens is 1. The van der Waals surface area contributed by atoms with E-state index in [2.05, 4.69) is 15.2 Å². The number of nitrogen functional groups attached to an aromatic ring is 1. The third-order valence-electron chi connectivity index (χ3n) is 2.14. The van der Waals surface area contributed by atoms with Crippen molar-refractivity contribution in [3.8, 4) is 0 Å². The van der Waals surface area contributed by atoms with Crippen LogP contribution in [0.25, 0.3) is 0 Å². The Balaban J connectivity index is 2.23. The van der Waals surface area contributed by atoms with E-state index >= 15 is 0 Å². The number of hydrogen-bond acceptors (Lipinski definition) is 4. The maximum absolute atomic E-state index is 5.77. The summed E-state index contributed by atoms with van der Waals surface area (Å²) in [6.45, 7) is 1.87. The van der Waals surface area contributed by atoms with Gasteiger partial charge in [0.25, 0.3) is 0 Å². The summed E-state index contributed by atoms with van der Waals surface area (Å²) in [6.07, 6.45) is 0. The van der Waals surface area contributed by atoms with Gasteiger partial charge in [0.1, 0.15) is 5.69 Å².